The molecule has 1 atom stereocenters. The van der Waals surface area contributed by atoms with Gasteiger partial charge in [-0.05, 0) is 32.6 Å². The predicted molar refractivity (Wildman–Crippen MR) is 81.8 cm³/mol. The number of hydrogen-bond acceptors (Lipinski definition) is 6. The summed E-state index contributed by atoms with van der Waals surface area (Å²) >= 11 is 0. The highest BCUT2D eigenvalue weighted by atomic mass is 28.4. The van der Waals surface area contributed by atoms with E-state index in [9.17, 15) is 4.79 Å². The molecule has 0 rings (SSSR count). The fraction of sp³-hybridized carbons (Fsp3) is 0.786. The third-order valence-electron chi connectivity index (χ3n) is 3.06. The van der Waals surface area contributed by atoms with E-state index in [0.717, 1.165) is 0 Å². The van der Waals surface area contributed by atoms with Gasteiger partial charge in [0.15, 0.2) is 0 Å². The second-order valence-electron chi connectivity index (χ2n) is 4.93. The van der Waals surface area contributed by atoms with Crippen molar-refractivity contribution in [1.82, 2.24) is 0 Å². The Bertz CT molecular complexity index is 317. The molecule has 0 aliphatic rings. The van der Waals surface area contributed by atoms with Gasteiger partial charge in [-0.1, -0.05) is 6.58 Å². The molecular formula is C14H28O6Si. The third-order valence-corrected chi connectivity index (χ3v) is 5.30. The summed E-state index contributed by atoms with van der Waals surface area (Å²) in [4.78, 5) is 11.3. The zero-order valence-electron chi connectivity index (χ0n) is 13.5. The number of carbonyl (C=O) groups is 1. The van der Waals surface area contributed by atoms with E-state index in [0.29, 0.717) is 37.9 Å². The van der Waals surface area contributed by atoms with Crippen molar-refractivity contribution in [1.29, 1.82) is 0 Å². The van der Waals surface area contributed by atoms with Gasteiger partial charge in [0.25, 0.3) is 0 Å². The summed E-state index contributed by atoms with van der Waals surface area (Å²) in [6.07, 6.45) is 2.65. The van der Waals surface area contributed by atoms with E-state index in [2.05, 4.69) is 6.58 Å². The van der Waals surface area contributed by atoms with Crippen LogP contribution < -0.4 is 0 Å². The van der Waals surface area contributed by atoms with E-state index in [-0.39, 0.29) is 18.7 Å². The number of aliphatic hydroxyl groups excluding tert-OH is 1. The molecule has 21 heavy (non-hydrogen) atoms. The SMILES string of the molecule is C=C(C)C(=O)OCCCC(CCCO)O[Si](C)(OC)OC. The first-order valence-electron chi connectivity index (χ1n) is 7.10. The summed E-state index contributed by atoms with van der Waals surface area (Å²) in [5, 5.41) is 8.95. The normalized spacial score (nSPS) is 13.0. The third kappa shape index (κ3) is 9.00. The summed E-state index contributed by atoms with van der Waals surface area (Å²) in [7, 11) is 0.512. The smallest absolute Gasteiger partial charge is 0.462 e. The van der Waals surface area contributed by atoms with Gasteiger partial charge in [-0.2, -0.15) is 0 Å². The second kappa shape index (κ2) is 10.9. The van der Waals surface area contributed by atoms with Gasteiger partial charge in [0.2, 0.25) is 0 Å². The van der Waals surface area contributed by atoms with E-state index in [1.54, 1.807) is 21.1 Å². The molecule has 0 aromatic heterocycles. The molecule has 0 saturated heterocycles. The summed E-state index contributed by atoms with van der Waals surface area (Å²) < 4.78 is 21.6. The van der Waals surface area contributed by atoms with E-state index in [1.165, 1.54) is 0 Å². The predicted octanol–water partition coefficient (Wildman–Crippen LogP) is 1.91. The summed E-state index contributed by atoms with van der Waals surface area (Å²) in [5.41, 5.74) is 0.391. The van der Waals surface area contributed by atoms with E-state index >= 15 is 0 Å². The van der Waals surface area contributed by atoms with Crippen molar-refractivity contribution in [3.8, 4) is 0 Å². The lowest BCUT2D eigenvalue weighted by Gasteiger charge is -2.28. The van der Waals surface area contributed by atoms with Gasteiger partial charge >= 0.3 is 14.8 Å². The van der Waals surface area contributed by atoms with Crippen molar-refractivity contribution in [2.24, 2.45) is 0 Å². The minimum absolute atomic E-state index is 0.0859. The molecule has 124 valence electrons. The second-order valence-corrected chi connectivity index (χ2v) is 7.71. The minimum Gasteiger partial charge on any atom is -0.462 e. The fourth-order valence-electron chi connectivity index (χ4n) is 1.66. The van der Waals surface area contributed by atoms with Gasteiger partial charge in [-0.3, -0.25) is 0 Å². The van der Waals surface area contributed by atoms with Crippen molar-refractivity contribution >= 4 is 14.8 Å². The molecule has 7 heteroatoms. The van der Waals surface area contributed by atoms with Gasteiger partial charge in [0, 0.05) is 39.1 Å². The monoisotopic (exact) mass is 320 g/mol. The molecule has 0 fully saturated rings. The number of rotatable bonds is 12. The Morgan fingerprint density at radius 3 is 2.29 bits per heavy atom. The Kier molecular flexibility index (Phi) is 10.5. The van der Waals surface area contributed by atoms with Crippen LogP contribution in [0.2, 0.25) is 6.55 Å². The number of hydrogen-bond donors (Lipinski definition) is 1. The number of esters is 1. The molecule has 0 radical (unpaired) electrons. The van der Waals surface area contributed by atoms with Crippen molar-refractivity contribution in [2.75, 3.05) is 27.4 Å². The molecule has 0 aromatic carbocycles. The highest BCUT2D eigenvalue weighted by Gasteiger charge is 2.34. The fourth-order valence-corrected chi connectivity index (χ4v) is 2.86. The first kappa shape index (κ1) is 20.3. The number of aliphatic hydroxyl groups is 1. The van der Waals surface area contributed by atoms with Crippen LogP contribution in [-0.2, 0) is 22.8 Å². The highest BCUT2D eigenvalue weighted by Crippen LogP contribution is 2.17. The maximum Gasteiger partial charge on any atom is 0.497 e. The molecule has 0 saturated carbocycles. The van der Waals surface area contributed by atoms with Crippen LogP contribution in [0.3, 0.4) is 0 Å². The zero-order chi connectivity index (χ0) is 16.3. The Morgan fingerprint density at radius 1 is 1.24 bits per heavy atom. The highest BCUT2D eigenvalue weighted by molar-refractivity contribution is 6.59. The summed E-state index contributed by atoms with van der Waals surface area (Å²) in [6.45, 7) is 7.40. The van der Waals surface area contributed by atoms with E-state index < -0.39 is 8.80 Å². The zero-order valence-corrected chi connectivity index (χ0v) is 14.5. The molecule has 0 aromatic rings. The lowest BCUT2D eigenvalue weighted by atomic mass is 10.1. The lowest BCUT2D eigenvalue weighted by molar-refractivity contribution is -0.139. The molecule has 1 unspecified atom stereocenters. The van der Waals surface area contributed by atoms with Gasteiger partial charge in [0.05, 0.1) is 6.61 Å². The van der Waals surface area contributed by atoms with Gasteiger partial charge < -0.3 is 23.1 Å². The molecule has 0 bridgehead atoms. The standard InChI is InChI=1S/C14H28O6Si/c1-12(2)14(16)19-11-7-9-13(8-6-10-15)20-21(5,17-3)18-4/h13,15H,1,6-11H2,2-5H3. The quantitative estimate of drug-likeness (QED) is 0.256. The topological polar surface area (TPSA) is 74.2 Å². The van der Waals surface area contributed by atoms with Crippen molar-refractivity contribution < 1.29 is 27.9 Å². The van der Waals surface area contributed by atoms with Crippen molar-refractivity contribution in [3.05, 3.63) is 12.2 Å². The molecule has 0 aliphatic heterocycles. The maximum absolute atomic E-state index is 11.3. The van der Waals surface area contributed by atoms with Crippen LogP contribution in [0.15, 0.2) is 12.2 Å². The molecular weight excluding hydrogens is 292 g/mol. The first-order chi connectivity index (χ1) is 9.88. The van der Waals surface area contributed by atoms with E-state index in [4.69, 9.17) is 23.1 Å². The van der Waals surface area contributed by atoms with Gasteiger partial charge in [-0.25, -0.2) is 4.79 Å². The number of carbonyl (C=O) groups excluding carboxylic acids is 1. The van der Waals surface area contributed by atoms with Crippen LogP contribution in [-0.4, -0.2) is 53.4 Å². The van der Waals surface area contributed by atoms with Crippen LogP contribution in [0.5, 0.6) is 0 Å². The van der Waals surface area contributed by atoms with Crippen molar-refractivity contribution in [2.45, 2.75) is 45.3 Å². The molecule has 1 N–H and O–H groups in total. The Morgan fingerprint density at radius 2 is 1.81 bits per heavy atom. The maximum atomic E-state index is 11.3. The number of ether oxygens (including phenoxy) is 1. The van der Waals surface area contributed by atoms with Crippen molar-refractivity contribution in [3.63, 3.8) is 0 Å². The molecule has 0 spiro atoms. The van der Waals surface area contributed by atoms with Gasteiger partial charge in [0.1, 0.15) is 0 Å². The van der Waals surface area contributed by atoms with Crippen LogP contribution in [0, 0.1) is 0 Å². The van der Waals surface area contributed by atoms with Crippen LogP contribution >= 0.6 is 0 Å². The lowest BCUT2D eigenvalue weighted by Crippen LogP contribution is -2.43. The van der Waals surface area contributed by atoms with Crippen LogP contribution in [0.4, 0.5) is 0 Å². The summed E-state index contributed by atoms with van der Waals surface area (Å²) in [5.74, 6) is -0.379. The van der Waals surface area contributed by atoms with E-state index in [1.807, 2.05) is 6.55 Å². The minimum atomic E-state index is -2.61. The van der Waals surface area contributed by atoms with Crippen LogP contribution in [0.1, 0.15) is 32.6 Å². The summed E-state index contributed by atoms with van der Waals surface area (Å²) in [6, 6.07) is 0. The Hall–Kier alpha value is -0.733. The Labute approximate surface area is 128 Å². The Balaban J connectivity index is 4.24. The average Bonchev–Trinajstić information content (AvgIpc) is 2.48. The molecule has 6 nitrogen and oxygen atoms in total. The average molecular weight is 320 g/mol. The molecule has 0 heterocycles. The van der Waals surface area contributed by atoms with Gasteiger partial charge in [-0.15, -0.1) is 0 Å². The molecule has 0 amide bonds. The molecule has 0 aliphatic carbocycles. The van der Waals surface area contributed by atoms with Crippen LogP contribution in [0.25, 0.3) is 0 Å². The largest absolute Gasteiger partial charge is 0.497 e. The first-order valence-corrected chi connectivity index (χ1v) is 9.32.